The first-order valence-electron chi connectivity index (χ1n) is 6.87. The fraction of sp³-hybridized carbons (Fsp3) is 0.923. The molecule has 0 spiro atoms. The summed E-state index contributed by atoms with van der Waals surface area (Å²) in [4.78, 5) is 14.3. The summed E-state index contributed by atoms with van der Waals surface area (Å²) in [5.41, 5.74) is 5.83. The first-order chi connectivity index (χ1) is 8.15. The molecule has 3 unspecified atom stereocenters. The van der Waals surface area contributed by atoms with Gasteiger partial charge in [0.05, 0.1) is 0 Å². The average Bonchev–Trinajstić information content (AvgIpc) is 2.73. The summed E-state index contributed by atoms with van der Waals surface area (Å²) < 4.78 is 0. The Labute approximate surface area is 104 Å². The lowest BCUT2D eigenvalue weighted by atomic mass is 9.98. The van der Waals surface area contributed by atoms with Crippen LogP contribution in [0.2, 0.25) is 0 Å². The van der Waals surface area contributed by atoms with Gasteiger partial charge >= 0.3 is 0 Å². The first kappa shape index (κ1) is 12.8. The van der Waals surface area contributed by atoms with Crippen molar-refractivity contribution in [2.45, 2.75) is 38.1 Å². The van der Waals surface area contributed by atoms with Gasteiger partial charge < -0.3 is 16.0 Å². The van der Waals surface area contributed by atoms with E-state index in [4.69, 9.17) is 5.73 Å². The second-order valence-corrected chi connectivity index (χ2v) is 5.79. The number of carbonyl (C=O) groups excluding carboxylic acids is 1. The molecule has 1 heterocycles. The minimum absolute atomic E-state index is 0.173. The third-order valence-corrected chi connectivity index (χ3v) is 4.13. The van der Waals surface area contributed by atoms with Crippen LogP contribution in [0, 0.1) is 11.8 Å². The van der Waals surface area contributed by atoms with E-state index in [0.29, 0.717) is 5.92 Å². The van der Waals surface area contributed by atoms with Crippen molar-refractivity contribution < 1.29 is 4.79 Å². The molecule has 1 aliphatic heterocycles. The molecular formula is C13H25N3O. The molecule has 0 bridgehead atoms. The number of hydrogen-bond donors (Lipinski definition) is 2. The normalized spacial score (nSPS) is 34.8. The van der Waals surface area contributed by atoms with Crippen LogP contribution in [0.1, 0.15) is 32.1 Å². The molecule has 1 aliphatic carbocycles. The number of carbonyl (C=O) groups is 1. The van der Waals surface area contributed by atoms with Gasteiger partial charge in [-0.1, -0.05) is 0 Å². The maximum Gasteiger partial charge on any atom is 0.223 e. The SMILES string of the molecule is CN1CCCC(CNC(=O)C2CCC(N)C2)C1. The summed E-state index contributed by atoms with van der Waals surface area (Å²) in [6.45, 7) is 3.15. The minimum Gasteiger partial charge on any atom is -0.356 e. The number of likely N-dealkylation sites (tertiary alicyclic amines) is 1. The fourth-order valence-corrected chi connectivity index (χ4v) is 3.08. The number of nitrogens with one attached hydrogen (secondary N) is 1. The Hall–Kier alpha value is -0.610. The van der Waals surface area contributed by atoms with Gasteiger partial charge in [0, 0.05) is 25.0 Å². The zero-order valence-electron chi connectivity index (χ0n) is 10.8. The van der Waals surface area contributed by atoms with Crippen molar-refractivity contribution >= 4 is 5.91 Å². The summed E-state index contributed by atoms with van der Waals surface area (Å²) in [5.74, 6) is 1.03. The highest BCUT2D eigenvalue weighted by Crippen LogP contribution is 2.24. The van der Waals surface area contributed by atoms with Crippen LogP contribution in [-0.4, -0.2) is 43.5 Å². The van der Waals surface area contributed by atoms with Crippen LogP contribution in [0.15, 0.2) is 0 Å². The van der Waals surface area contributed by atoms with Crippen LogP contribution in [0.5, 0.6) is 0 Å². The van der Waals surface area contributed by atoms with Crippen molar-refractivity contribution in [3.8, 4) is 0 Å². The smallest absolute Gasteiger partial charge is 0.223 e. The van der Waals surface area contributed by atoms with E-state index in [-0.39, 0.29) is 17.9 Å². The Morgan fingerprint density at radius 1 is 1.41 bits per heavy atom. The molecular weight excluding hydrogens is 214 g/mol. The second kappa shape index (κ2) is 5.83. The van der Waals surface area contributed by atoms with Gasteiger partial charge in [0.25, 0.3) is 0 Å². The average molecular weight is 239 g/mol. The molecule has 0 radical (unpaired) electrons. The maximum atomic E-state index is 11.9. The van der Waals surface area contributed by atoms with E-state index in [1.54, 1.807) is 0 Å². The number of hydrogen-bond acceptors (Lipinski definition) is 3. The van der Waals surface area contributed by atoms with Gasteiger partial charge in [0.1, 0.15) is 0 Å². The summed E-state index contributed by atoms with van der Waals surface area (Å²) in [5, 5.41) is 3.11. The molecule has 2 rings (SSSR count). The van der Waals surface area contributed by atoms with E-state index in [2.05, 4.69) is 17.3 Å². The molecule has 2 aliphatic rings. The summed E-state index contributed by atoms with van der Waals surface area (Å²) in [6, 6.07) is 0.242. The summed E-state index contributed by atoms with van der Waals surface area (Å²) in [6.07, 6.45) is 5.35. The molecule has 98 valence electrons. The Balaban J connectivity index is 1.69. The molecule has 4 heteroatoms. The number of piperidine rings is 1. The van der Waals surface area contributed by atoms with Crippen molar-refractivity contribution in [3.63, 3.8) is 0 Å². The van der Waals surface area contributed by atoms with Crippen LogP contribution < -0.4 is 11.1 Å². The molecule has 3 N–H and O–H groups in total. The van der Waals surface area contributed by atoms with E-state index in [1.807, 2.05) is 0 Å². The third kappa shape index (κ3) is 3.68. The Morgan fingerprint density at radius 2 is 2.24 bits per heavy atom. The Bertz CT molecular complexity index is 269. The largest absolute Gasteiger partial charge is 0.356 e. The molecule has 0 aromatic rings. The molecule has 17 heavy (non-hydrogen) atoms. The van der Waals surface area contributed by atoms with Gasteiger partial charge in [-0.05, 0) is 51.6 Å². The maximum absolute atomic E-state index is 11.9. The van der Waals surface area contributed by atoms with Crippen molar-refractivity contribution in [2.24, 2.45) is 17.6 Å². The van der Waals surface area contributed by atoms with Crippen LogP contribution >= 0.6 is 0 Å². The number of nitrogens with zero attached hydrogens (tertiary/aromatic N) is 1. The lowest BCUT2D eigenvalue weighted by Gasteiger charge is -2.30. The number of nitrogens with two attached hydrogens (primary N) is 1. The van der Waals surface area contributed by atoms with Gasteiger partial charge in [-0.25, -0.2) is 0 Å². The fourth-order valence-electron chi connectivity index (χ4n) is 3.08. The quantitative estimate of drug-likeness (QED) is 0.757. The van der Waals surface area contributed by atoms with E-state index in [0.717, 1.165) is 32.4 Å². The minimum atomic E-state index is 0.173. The van der Waals surface area contributed by atoms with Crippen molar-refractivity contribution in [1.82, 2.24) is 10.2 Å². The van der Waals surface area contributed by atoms with Crippen molar-refractivity contribution in [2.75, 3.05) is 26.7 Å². The van der Waals surface area contributed by atoms with Gasteiger partial charge in [-0.3, -0.25) is 4.79 Å². The second-order valence-electron chi connectivity index (χ2n) is 5.79. The Morgan fingerprint density at radius 3 is 2.88 bits per heavy atom. The summed E-state index contributed by atoms with van der Waals surface area (Å²) in [7, 11) is 2.16. The van der Waals surface area contributed by atoms with Crippen LogP contribution in [0.4, 0.5) is 0 Å². The highest BCUT2D eigenvalue weighted by Gasteiger charge is 2.28. The molecule has 1 amide bonds. The summed E-state index contributed by atoms with van der Waals surface area (Å²) >= 11 is 0. The number of amides is 1. The molecule has 2 fully saturated rings. The zero-order chi connectivity index (χ0) is 12.3. The van der Waals surface area contributed by atoms with Crippen LogP contribution in [-0.2, 0) is 4.79 Å². The van der Waals surface area contributed by atoms with Gasteiger partial charge in [0.15, 0.2) is 0 Å². The van der Waals surface area contributed by atoms with Gasteiger partial charge in [-0.2, -0.15) is 0 Å². The topological polar surface area (TPSA) is 58.4 Å². The standard InChI is InChI=1S/C13H25N3O/c1-16-6-2-3-10(9-16)8-15-13(17)11-4-5-12(14)7-11/h10-12H,2-9,14H2,1H3,(H,15,17). The van der Waals surface area contributed by atoms with Gasteiger partial charge in [-0.15, -0.1) is 0 Å². The van der Waals surface area contributed by atoms with Crippen molar-refractivity contribution in [1.29, 1.82) is 0 Å². The molecule has 1 saturated heterocycles. The van der Waals surface area contributed by atoms with Crippen LogP contribution in [0.3, 0.4) is 0 Å². The molecule has 0 aromatic heterocycles. The molecule has 4 nitrogen and oxygen atoms in total. The molecule has 3 atom stereocenters. The zero-order valence-corrected chi connectivity index (χ0v) is 10.8. The van der Waals surface area contributed by atoms with E-state index in [1.165, 1.54) is 19.4 Å². The van der Waals surface area contributed by atoms with E-state index < -0.39 is 0 Å². The monoisotopic (exact) mass is 239 g/mol. The lowest BCUT2D eigenvalue weighted by molar-refractivity contribution is -0.125. The van der Waals surface area contributed by atoms with E-state index >= 15 is 0 Å². The third-order valence-electron chi connectivity index (χ3n) is 4.13. The Kier molecular flexibility index (Phi) is 4.40. The predicted octanol–water partition coefficient (Wildman–Crippen LogP) is 0.572. The molecule has 0 aromatic carbocycles. The highest BCUT2D eigenvalue weighted by atomic mass is 16.1. The predicted molar refractivity (Wildman–Crippen MR) is 68.5 cm³/mol. The van der Waals surface area contributed by atoms with Gasteiger partial charge in [0.2, 0.25) is 5.91 Å². The molecule has 1 saturated carbocycles. The van der Waals surface area contributed by atoms with Crippen LogP contribution in [0.25, 0.3) is 0 Å². The number of rotatable bonds is 3. The van der Waals surface area contributed by atoms with Crippen molar-refractivity contribution in [3.05, 3.63) is 0 Å². The lowest BCUT2D eigenvalue weighted by Crippen LogP contribution is -2.40. The highest BCUT2D eigenvalue weighted by molar-refractivity contribution is 5.79. The first-order valence-corrected chi connectivity index (χ1v) is 6.87. The van der Waals surface area contributed by atoms with E-state index in [9.17, 15) is 4.79 Å².